The van der Waals surface area contributed by atoms with E-state index in [0.717, 1.165) is 28.8 Å². The second-order valence-electron chi connectivity index (χ2n) is 7.65. The van der Waals surface area contributed by atoms with Crippen LogP contribution in [0.2, 0.25) is 0 Å². The van der Waals surface area contributed by atoms with E-state index in [1.165, 1.54) is 16.9 Å². The molecule has 148 valence electrons. The smallest absolute Gasteiger partial charge is 0.348 e. The zero-order chi connectivity index (χ0) is 19.9. The van der Waals surface area contributed by atoms with Crippen LogP contribution in [0.15, 0.2) is 30.3 Å². The summed E-state index contributed by atoms with van der Waals surface area (Å²) in [5.41, 5.74) is 2.76. The number of benzene rings is 1. The van der Waals surface area contributed by atoms with Gasteiger partial charge < -0.3 is 10.1 Å². The molecule has 0 unspecified atom stereocenters. The van der Waals surface area contributed by atoms with E-state index in [-0.39, 0.29) is 11.5 Å². The third kappa shape index (κ3) is 3.84. The number of carbonyl (C=O) groups excluding carboxylic acids is 2. The highest BCUT2D eigenvalue weighted by atomic mass is 32.2. The van der Waals surface area contributed by atoms with Crippen LogP contribution in [0.3, 0.4) is 0 Å². The lowest BCUT2D eigenvalue weighted by Gasteiger charge is -2.23. The third-order valence-corrected chi connectivity index (χ3v) is 8.31. The average Bonchev–Trinajstić information content (AvgIpc) is 3.20. The molecule has 6 nitrogen and oxygen atoms in total. The number of ether oxygens (including phenoxy) is 1. The van der Waals surface area contributed by atoms with Crippen molar-refractivity contribution >= 4 is 33.1 Å². The van der Waals surface area contributed by atoms with Crippen LogP contribution in [-0.2, 0) is 32.2 Å². The van der Waals surface area contributed by atoms with Gasteiger partial charge in [-0.1, -0.05) is 24.3 Å². The Balaban J connectivity index is 1.39. The number of esters is 1. The fraction of sp³-hybridized carbons (Fsp3) is 0.400. The van der Waals surface area contributed by atoms with Gasteiger partial charge in [-0.15, -0.1) is 11.3 Å². The predicted molar refractivity (Wildman–Crippen MR) is 107 cm³/mol. The Morgan fingerprint density at radius 2 is 1.96 bits per heavy atom. The molecular formula is C20H21NO5S2. The molecule has 1 aliphatic carbocycles. The zero-order valence-corrected chi connectivity index (χ0v) is 17.1. The van der Waals surface area contributed by atoms with Crippen molar-refractivity contribution in [1.29, 1.82) is 0 Å². The molecule has 8 heteroatoms. The van der Waals surface area contributed by atoms with E-state index >= 15 is 0 Å². The summed E-state index contributed by atoms with van der Waals surface area (Å²) in [7, 11) is -3.12. The Bertz CT molecular complexity index is 1060. The fourth-order valence-corrected chi connectivity index (χ4v) is 7.11. The first-order valence-electron chi connectivity index (χ1n) is 9.14. The molecule has 0 bridgehead atoms. The standard InChI is InChI=1S/C20H21NO5S2/c1-20(8-9-28(24,25)12-20)21-17(22)11-26-19(23)16-10-14-7-6-13-4-2-3-5-15(13)18(14)27-16/h2-5,10H,6-9,11-12H2,1H3,(H,21,22)/t20-/m1/s1. The maximum absolute atomic E-state index is 12.4. The van der Waals surface area contributed by atoms with Crippen LogP contribution in [0.5, 0.6) is 0 Å². The fourth-order valence-electron chi connectivity index (χ4n) is 3.86. The monoisotopic (exact) mass is 419 g/mol. The zero-order valence-electron chi connectivity index (χ0n) is 15.5. The lowest BCUT2D eigenvalue weighted by molar-refractivity contribution is -0.125. The summed E-state index contributed by atoms with van der Waals surface area (Å²) < 4.78 is 28.4. The lowest BCUT2D eigenvalue weighted by atomic mass is 9.91. The molecule has 2 heterocycles. The molecule has 1 N–H and O–H groups in total. The van der Waals surface area contributed by atoms with Crippen molar-refractivity contribution < 1.29 is 22.7 Å². The van der Waals surface area contributed by atoms with Gasteiger partial charge in [-0.2, -0.15) is 0 Å². The number of amides is 1. The predicted octanol–water partition coefficient (Wildman–Crippen LogP) is 2.36. The van der Waals surface area contributed by atoms with Gasteiger partial charge in [0, 0.05) is 4.88 Å². The highest BCUT2D eigenvalue weighted by Gasteiger charge is 2.39. The van der Waals surface area contributed by atoms with Crippen molar-refractivity contribution in [3.63, 3.8) is 0 Å². The minimum Gasteiger partial charge on any atom is -0.451 e. The highest BCUT2D eigenvalue weighted by molar-refractivity contribution is 7.91. The second kappa shape index (κ2) is 7.00. The first-order valence-corrected chi connectivity index (χ1v) is 11.8. The minimum absolute atomic E-state index is 0.0613. The summed E-state index contributed by atoms with van der Waals surface area (Å²) in [5, 5.41) is 2.69. The van der Waals surface area contributed by atoms with Crippen molar-refractivity contribution in [2.24, 2.45) is 0 Å². The Kier molecular flexibility index (Phi) is 4.79. The van der Waals surface area contributed by atoms with Crippen LogP contribution in [0.25, 0.3) is 10.4 Å². The van der Waals surface area contributed by atoms with Crippen molar-refractivity contribution in [3.05, 3.63) is 46.3 Å². The third-order valence-electron chi connectivity index (χ3n) is 5.21. The first kappa shape index (κ1) is 19.1. The number of fused-ring (bicyclic) bond motifs is 3. The summed E-state index contributed by atoms with van der Waals surface area (Å²) in [6, 6.07) is 10.0. The van der Waals surface area contributed by atoms with Crippen LogP contribution >= 0.6 is 11.3 Å². The maximum Gasteiger partial charge on any atom is 0.348 e. The van der Waals surface area contributed by atoms with Crippen molar-refractivity contribution in [2.45, 2.75) is 31.7 Å². The summed E-state index contributed by atoms with van der Waals surface area (Å²) in [6.07, 6.45) is 2.19. The molecule has 1 fully saturated rings. The van der Waals surface area contributed by atoms with Gasteiger partial charge in [0.25, 0.3) is 5.91 Å². The number of sulfone groups is 1. The Hall–Kier alpha value is -2.19. The van der Waals surface area contributed by atoms with Gasteiger partial charge in [0.15, 0.2) is 16.4 Å². The summed E-state index contributed by atoms with van der Waals surface area (Å²) >= 11 is 1.38. The van der Waals surface area contributed by atoms with Gasteiger partial charge in [0.1, 0.15) is 4.88 Å². The Labute approximate surface area is 167 Å². The summed E-state index contributed by atoms with van der Waals surface area (Å²) in [5.74, 6) is -1.04. The molecule has 1 aromatic heterocycles. The van der Waals surface area contributed by atoms with Gasteiger partial charge in [-0.3, -0.25) is 4.79 Å². The number of hydrogen-bond donors (Lipinski definition) is 1. The molecule has 1 amide bonds. The second-order valence-corrected chi connectivity index (χ2v) is 10.9. The van der Waals surface area contributed by atoms with Crippen LogP contribution < -0.4 is 5.32 Å². The Morgan fingerprint density at radius 1 is 1.21 bits per heavy atom. The van der Waals surface area contributed by atoms with Crippen LogP contribution in [0, 0.1) is 0 Å². The lowest BCUT2D eigenvalue weighted by Crippen LogP contribution is -2.48. The van der Waals surface area contributed by atoms with Crippen LogP contribution in [0.1, 0.15) is 34.1 Å². The van der Waals surface area contributed by atoms with Crippen LogP contribution in [0.4, 0.5) is 0 Å². The average molecular weight is 420 g/mol. The van der Waals surface area contributed by atoms with Gasteiger partial charge in [0.2, 0.25) is 0 Å². The van der Waals surface area contributed by atoms with E-state index in [0.29, 0.717) is 11.3 Å². The molecule has 0 radical (unpaired) electrons. The molecule has 1 aliphatic heterocycles. The summed E-state index contributed by atoms with van der Waals surface area (Å²) in [4.78, 5) is 26.1. The number of aryl methyl sites for hydroxylation is 2. The van der Waals surface area contributed by atoms with Crippen molar-refractivity contribution in [3.8, 4) is 10.4 Å². The van der Waals surface area contributed by atoms with Crippen molar-refractivity contribution in [1.82, 2.24) is 5.32 Å². The SMILES string of the molecule is C[C@@]1(NC(=O)COC(=O)c2cc3c(s2)-c2ccccc2CC3)CCS(=O)(=O)C1. The molecule has 1 aromatic carbocycles. The highest BCUT2D eigenvalue weighted by Crippen LogP contribution is 2.39. The minimum atomic E-state index is -3.12. The number of thiophene rings is 1. The molecule has 1 atom stereocenters. The van der Waals surface area contributed by atoms with Gasteiger partial charge in [-0.05, 0) is 48.9 Å². The molecule has 2 aliphatic rings. The Morgan fingerprint density at radius 3 is 2.71 bits per heavy atom. The first-order chi connectivity index (χ1) is 13.2. The molecule has 0 saturated carbocycles. The topological polar surface area (TPSA) is 89.5 Å². The van der Waals surface area contributed by atoms with Crippen molar-refractivity contribution in [2.75, 3.05) is 18.1 Å². The molecule has 0 spiro atoms. The van der Waals surface area contributed by atoms with Gasteiger partial charge >= 0.3 is 5.97 Å². The number of hydrogen-bond acceptors (Lipinski definition) is 6. The van der Waals surface area contributed by atoms with E-state index in [1.54, 1.807) is 6.92 Å². The molecular weight excluding hydrogens is 398 g/mol. The molecule has 1 saturated heterocycles. The van der Waals surface area contributed by atoms with E-state index in [4.69, 9.17) is 4.74 Å². The normalized spacial score (nSPS) is 22.2. The van der Waals surface area contributed by atoms with Gasteiger partial charge in [0.05, 0.1) is 17.0 Å². The number of rotatable bonds is 4. The van der Waals surface area contributed by atoms with Crippen LogP contribution in [-0.4, -0.2) is 43.9 Å². The van der Waals surface area contributed by atoms with E-state index in [9.17, 15) is 18.0 Å². The number of nitrogens with one attached hydrogen (secondary N) is 1. The van der Waals surface area contributed by atoms with E-state index in [1.807, 2.05) is 18.2 Å². The molecule has 4 rings (SSSR count). The van der Waals surface area contributed by atoms with E-state index < -0.39 is 33.9 Å². The maximum atomic E-state index is 12.4. The van der Waals surface area contributed by atoms with E-state index in [2.05, 4.69) is 17.4 Å². The van der Waals surface area contributed by atoms with Gasteiger partial charge in [-0.25, -0.2) is 13.2 Å². The molecule has 28 heavy (non-hydrogen) atoms. The summed E-state index contributed by atoms with van der Waals surface area (Å²) in [6.45, 7) is 1.27. The quantitative estimate of drug-likeness (QED) is 0.769. The number of carbonyl (C=O) groups is 2. The molecule has 2 aromatic rings. The largest absolute Gasteiger partial charge is 0.451 e.